The Kier molecular flexibility index (Phi) is 3.50. The van der Waals surface area contributed by atoms with Gasteiger partial charge in [0, 0.05) is 17.9 Å². The summed E-state index contributed by atoms with van der Waals surface area (Å²) in [4.78, 5) is 0. The van der Waals surface area contributed by atoms with Crippen molar-refractivity contribution in [3.05, 3.63) is 23.7 Å². The quantitative estimate of drug-likeness (QED) is 0.678. The molecule has 0 saturated heterocycles. The lowest BCUT2D eigenvalue weighted by Gasteiger charge is -2.37. The van der Waals surface area contributed by atoms with Gasteiger partial charge in [0.05, 0.1) is 0 Å². The third kappa shape index (κ3) is 3.35. The molecule has 0 aromatic heterocycles. The molecule has 0 N–H and O–H groups in total. The number of hydrogen-bond donors (Lipinski definition) is 0. The smallest absolute Gasteiger partial charge is 0.108 e. The van der Waals surface area contributed by atoms with E-state index in [2.05, 4.69) is 60.6 Å². The van der Waals surface area contributed by atoms with Crippen molar-refractivity contribution in [2.24, 2.45) is 10.8 Å². The van der Waals surface area contributed by atoms with E-state index in [0.717, 1.165) is 11.5 Å². The van der Waals surface area contributed by atoms with Crippen LogP contribution in [-0.2, 0) is 9.47 Å². The Bertz CT molecular complexity index is 318. The van der Waals surface area contributed by atoms with E-state index in [1.807, 2.05) is 0 Å². The molecule has 2 heteroatoms. The maximum atomic E-state index is 6.05. The SMILES string of the molecule is COC1(C)C=C(C(C)(C)C)OC(C(C)(C)C)=C1. The van der Waals surface area contributed by atoms with Gasteiger partial charge in [0.2, 0.25) is 0 Å². The summed E-state index contributed by atoms with van der Waals surface area (Å²) in [6, 6.07) is 0. The molecular formula is C15H26O2. The molecule has 1 aliphatic heterocycles. The largest absolute Gasteiger partial charge is 0.465 e. The van der Waals surface area contributed by atoms with Gasteiger partial charge in [-0.1, -0.05) is 41.5 Å². The van der Waals surface area contributed by atoms with E-state index in [0.29, 0.717) is 0 Å². The first kappa shape index (κ1) is 14.3. The second-order valence-corrected chi connectivity index (χ2v) is 7.01. The summed E-state index contributed by atoms with van der Waals surface area (Å²) in [5.74, 6) is 1.96. The fourth-order valence-corrected chi connectivity index (χ4v) is 1.60. The van der Waals surface area contributed by atoms with Crippen LogP contribution in [0.1, 0.15) is 48.5 Å². The number of hydrogen-bond acceptors (Lipinski definition) is 2. The third-order valence-electron chi connectivity index (χ3n) is 2.97. The molecule has 1 rings (SSSR count). The van der Waals surface area contributed by atoms with E-state index in [9.17, 15) is 0 Å². The van der Waals surface area contributed by atoms with Gasteiger partial charge in [-0.3, -0.25) is 0 Å². The molecule has 0 unspecified atom stereocenters. The van der Waals surface area contributed by atoms with Crippen LogP contribution in [0.25, 0.3) is 0 Å². The first-order chi connectivity index (χ1) is 7.48. The van der Waals surface area contributed by atoms with Gasteiger partial charge in [0.1, 0.15) is 17.1 Å². The molecule has 0 radical (unpaired) electrons. The lowest BCUT2D eigenvalue weighted by Crippen LogP contribution is -2.32. The minimum absolute atomic E-state index is 0.00937. The van der Waals surface area contributed by atoms with E-state index in [1.165, 1.54) is 0 Å². The van der Waals surface area contributed by atoms with Gasteiger partial charge in [0.25, 0.3) is 0 Å². The lowest BCUT2D eigenvalue weighted by atomic mass is 9.84. The molecule has 2 nitrogen and oxygen atoms in total. The van der Waals surface area contributed by atoms with Crippen LogP contribution in [-0.4, -0.2) is 12.7 Å². The maximum Gasteiger partial charge on any atom is 0.108 e. The van der Waals surface area contributed by atoms with Crippen LogP contribution < -0.4 is 0 Å². The second-order valence-electron chi connectivity index (χ2n) is 7.01. The van der Waals surface area contributed by atoms with E-state index in [1.54, 1.807) is 7.11 Å². The molecular weight excluding hydrogens is 212 g/mol. The van der Waals surface area contributed by atoms with Crippen molar-refractivity contribution < 1.29 is 9.47 Å². The van der Waals surface area contributed by atoms with E-state index >= 15 is 0 Å². The molecule has 0 bridgehead atoms. The van der Waals surface area contributed by atoms with Crippen molar-refractivity contribution in [2.45, 2.75) is 54.1 Å². The summed E-state index contributed by atoms with van der Waals surface area (Å²) in [6.07, 6.45) is 4.14. The monoisotopic (exact) mass is 238 g/mol. The molecule has 0 aromatic rings. The molecule has 0 aromatic carbocycles. The van der Waals surface area contributed by atoms with Crippen LogP contribution in [0.15, 0.2) is 23.7 Å². The van der Waals surface area contributed by atoms with Crippen molar-refractivity contribution in [1.29, 1.82) is 0 Å². The van der Waals surface area contributed by atoms with E-state index in [4.69, 9.17) is 9.47 Å². The van der Waals surface area contributed by atoms with Crippen LogP contribution in [0, 0.1) is 10.8 Å². The van der Waals surface area contributed by atoms with Crippen LogP contribution in [0.3, 0.4) is 0 Å². The first-order valence-electron chi connectivity index (χ1n) is 6.18. The van der Waals surface area contributed by atoms with Crippen molar-refractivity contribution in [3.8, 4) is 0 Å². The molecule has 0 spiro atoms. The molecule has 0 aliphatic carbocycles. The van der Waals surface area contributed by atoms with Crippen molar-refractivity contribution >= 4 is 0 Å². The second kappa shape index (κ2) is 4.16. The van der Waals surface area contributed by atoms with Gasteiger partial charge in [-0.2, -0.15) is 0 Å². The van der Waals surface area contributed by atoms with Crippen LogP contribution in [0.5, 0.6) is 0 Å². The minimum atomic E-state index is -0.372. The Balaban J connectivity index is 3.18. The Labute approximate surface area is 106 Å². The molecule has 0 amide bonds. The molecule has 0 saturated carbocycles. The van der Waals surface area contributed by atoms with Crippen molar-refractivity contribution in [2.75, 3.05) is 7.11 Å². The number of rotatable bonds is 1. The highest BCUT2D eigenvalue weighted by atomic mass is 16.5. The topological polar surface area (TPSA) is 18.5 Å². The van der Waals surface area contributed by atoms with Gasteiger partial charge in [0.15, 0.2) is 0 Å². The zero-order valence-corrected chi connectivity index (χ0v) is 12.5. The van der Waals surface area contributed by atoms with Crippen molar-refractivity contribution in [3.63, 3.8) is 0 Å². The minimum Gasteiger partial charge on any atom is -0.465 e. The summed E-state index contributed by atoms with van der Waals surface area (Å²) < 4.78 is 11.7. The highest BCUT2D eigenvalue weighted by molar-refractivity contribution is 5.28. The highest BCUT2D eigenvalue weighted by Gasteiger charge is 2.35. The van der Waals surface area contributed by atoms with Gasteiger partial charge >= 0.3 is 0 Å². The van der Waals surface area contributed by atoms with Crippen LogP contribution in [0.4, 0.5) is 0 Å². The standard InChI is InChI=1S/C15H26O2/c1-13(2,3)11-9-15(7,16-8)10-12(17-11)14(4,5)6/h9-10H,1-8H3. The van der Waals surface area contributed by atoms with Crippen LogP contribution in [0.2, 0.25) is 0 Å². The zero-order valence-electron chi connectivity index (χ0n) is 12.5. The van der Waals surface area contributed by atoms with Gasteiger partial charge in [-0.15, -0.1) is 0 Å². The average molecular weight is 238 g/mol. The number of methoxy groups -OCH3 is 1. The Morgan fingerprint density at radius 2 is 1.29 bits per heavy atom. The lowest BCUT2D eigenvalue weighted by molar-refractivity contribution is 0.0573. The fourth-order valence-electron chi connectivity index (χ4n) is 1.60. The number of allylic oxidation sites excluding steroid dienone is 2. The van der Waals surface area contributed by atoms with Crippen LogP contribution >= 0.6 is 0 Å². The fraction of sp³-hybridized carbons (Fsp3) is 0.733. The normalized spacial score (nSPS) is 20.5. The Morgan fingerprint density at radius 1 is 0.941 bits per heavy atom. The summed E-state index contributed by atoms with van der Waals surface area (Å²) in [5.41, 5.74) is -0.390. The summed E-state index contributed by atoms with van der Waals surface area (Å²) >= 11 is 0. The summed E-state index contributed by atoms with van der Waals surface area (Å²) in [6.45, 7) is 15.0. The molecule has 1 heterocycles. The van der Waals surface area contributed by atoms with E-state index in [-0.39, 0.29) is 16.4 Å². The Hall–Kier alpha value is -0.760. The maximum absolute atomic E-state index is 6.05. The molecule has 1 aliphatic rings. The zero-order chi connectivity index (χ0) is 13.5. The molecule has 98 valence electrons. The number of ether oxygens (including phenoxy) is 2. The predicted molar refractivity (Wildman–Crippen MR) is 71.6 cm³/mol. The molecule has 0 fully saturated rings. The van der Waals surface area contributed by atoms with Gasteiger partial charge in [-0.25, -0.2) is 0 Å². The predicted octanol–water partition coefficient (Wildman–Crippen LogP) is 4.28. The highest BCUT2D eigenvalue weighted by Crippen LogP contribution is 2.40. The summed E-state index contributed by atoms with van der Waals surface area (Å²) in [5, 5.41) is 0. The first-order valence-corrected chi connectivity index (χ1v) is 6.18. The summed E-state index contributed by atoms with van der Waals surface area (Å²) in [7, 11) is 1.74. The Morgan fingerprint density at radius 3 is 1.53 bits per heavy atom. The van der Waals surface area contributed by atoms with Crippen molar-refractivity contribution in [1.82, 2.24) is 0 Å². The van der Waals surface area contributed by atoms with Gasteiger partial charge in [-0.05, 0) is 19.1 Å². The molecule has 17 heavy (non-hydrogen) atoms. The third-order valence-corrected chi connectivity index (χ3v) is 2.97. The average Bonchev–Trinajstić information content (AvgIpc) is 2.14. The van der Waals surface area contributed by atoms with E-state index < -0.39 is 0 Å². The molecule has 0 atom stereocenters. The van der Waals surface area contributed by atoms with Gasteiger partial charge < -0.3 is 9.47 Å².